The smallest absolute Gasteiger partial charge is 0.246 e. The maximum Gasteiger partial charge on any atom is 0.246 e. The number of hydrogen-bond donors (Lipinski definition) is 1. The van der Waals surface area contributed by atoms with E-state index < -0.39 is 0 Å². The van der Waals surface area contributed by atoms with Crippen molar-refractivity contribution in [2.75, 3.05) is 44.8 Å². The van der Waals surface area contributed by atoms with Crippen LogP contribution >= 0.6 is 0 Å². The van der Waals surface area contributed by atoms with Gasteiger partial charge >= 0.3 is 0 Å². The molecule has 3 fully saturated rings. The molecule has 1 aromatic heterocycles. The fourth-order valence-corrected chi connectivity index (χ4v) is 4.35. The van der Waals surface area contributed by atoms with E-state index in [0.29, 0.717) is 5.92 Å². The van der Waals surface area contributed by atoms with E-state index in [1.165, 1.54) is 25.7 Å². The predicted octanol–water partition coefficient (Wildman–Crippen LogP) is 1.05. The number of anilines is 1. The van der Waals surface area contributed by atoms with Crippen LogP contribution in [0.2, 0.25) is 0 Å². The minimum absolute atomic E-state index is 0.0108. The Bertz CT molecular complexity index is 613. The van der Waals surface area contributed by atoms with Crippen LogP contribution in [0.3, 0.4) is 0 Å². The lowest BCUT2D eigenvalue weighted by Crippen LogP contribution is -2.42. The maximum atomic E-state index is 11.9. The molecule has 0 radical (unpaired) electrons. The number of nitrogens with zero attached hydrogens (tertiary/aromatic N) is 4. The second-order valence-corrected chi connectivity index (χ2v) is 7.89. The highest BCUT2D eigenvalue weighted by molar-refractivity contribution is 5.77. The molecule has 7 nitrogen and oxygen atoms in total. The van der Waals surface area contributed by atoms with Crippen LogP contribution in [0.5, 0.6) is 0 Å². The van der Waals surface area contributed by atoms with Gasteiger partial charge in [-0.1, -0.05) is 0 Å². The van der Waals surface area contributed by atoms with Crippen molar-refractivity contribution < 1.29 is 9.53 Å². The van der Waals surface area contributed by atoms with E-state index in [9.17, 15) is 4.79 Å². The minimum Gasteiger partial charge on any atom is -0.375 e. The highest BCUT2D eigenvalue weighted by Crippen LogP contribution is 2.41. The molecule has 1 aliphatic carbocycles. The third kappa shape index (κ3) is 4.15. The van der Waals surface area contributed by atoms with Crippen LogP contribution in [-0.2, 0) is 16.1 Å². The van der Waals surface area contributed by atoms with Gasteiger partial charge in [0.2, 0.25) is 11.9 Å². The first-order valence-electron chi connectivity index (χ1n) is 9.79. The largest absolute Gasteiger partial charge is 0.375 e. The fraction of sp³-hybridized carbons (Fsp3) is 0.737. The molecule has 1 saturated carbocycles. The summed E-state index contributed by atoms with van der Waals surface area (Å²) in [5, 5.41) is 3.17. The lowest BCUT2D eigenvalue weighted by atomic mass is 9.98. The van der Waals surface area contributed by atoms with Gasteiger partial charge in [0.15, 0.2) is 0 Å². The number of ether oxygens (including phenoxy) is 1. The number of carbonyl (C=O) groups is 1. The van der Waals surface area contributed by atoms with Gasteiger partial charge in [0, 0.05) is 63.8 Å². The summed E-state index contributed by atoms with van der Waals surface area (Å²) in [6, 6.07) is 0.231. The topological polar surface area (TPSA) is 70.6 Å². The molecule has 1 aromatic rings. The Hall–Kier alpha value is -1.73. The van der Waals surface area contributed by atoms with Crippen LogP contribution in [0.4, 0.5) is 5.95 Å². The van der Waals surface area contributed by atoms with Crippen molar-refractivity contribution in [2.45, 2.75) is 38.3 Å². The second-order valence-electron chi connectivity index (χ2n) is 7.89. The molecule has 7 heteroatoms. The molecule has 0 aromatic carbocycles. The van der Waals surface area contributed by atoms with Crippen LogP contribution in [0.25, 0.3) is 0 Å². The fourth-order valence-electron chi connectivity index (χ4n) is 4.35. The van der Waals surface area contributed by atoms with E-state index in [1.54, 1.807) is 7.11 Å². The number of rotatable bonds is 7. The molecule has 26 heavy (non-hydrogen) atoms. The predicted molar refractivity (Wildman–Crippen MR) is 98.8 cm³/mol. The third-order valence-electron chi connectivity index (χ3n) is 5.78. The van der Waals surface area contributed by atoms with Crippen molar-refractivity contribution in [1.29, 1.82) is 0 Å². The summed E-state index contributed by atoms with van der Waals surface area (Å²) in [6.45, 7) is 5.05. The Morgan fingerprint density at radius 2 is 1.96 bits per heavy atom. The van der Waals surface area contributed by atoms with E-state index in [0.717, 1.165) is 50.2 Å². The zero-order valence-electron chi connectivity index (χ0n) is 15.6. The van der Waals surface area contributed by atoms with Crippen LogP contribution in [-0.4, -0.2) is 66.7 Å². The van der Waals surface area contributed by atoms with Crippen molar-refractivity contribution in [3.63, 3.8) is 0 Å². The maximum absolute atomic E-state index is 11.9. The van der Waals surface area contributed by atoms with Crippen LogP contribution in [0.15, 0.2) is 12.4 Å². The molecule has 3 heterocycles. The Morgan fingerprint density at radius 1 is 1.23 bits per heavy atom. The summed E-state index contributed by atoms with van der Waals surface area (Å²) < 4.78 is 4.95. The van der Waals surface area contributed by atoms with Crippen molar-refractivity contribution in [3.05, 3.63) is 18.0 Å². The lowest BCUT2D eigenvalue weighted by molar-refractivity contribution is -0.125. The van der Waals surface area contributed by atoms with E-state index in [2.05, 4.69) is 25.1 Å². The first-order valence-corrected chi connectivity index (χ1v) is 9.79. The summed E-state index contributed by atoms with van der Waals surface area (Å²) in [7, 11) is 1.56. The molecule has 0 bridgehead atoms. The zero-order valence-corrected chi connectivity index (χ0v) is 15.6. The summed E-state index contributed by atoms with van der Waals surface area (Å²) in [5.74, 6) is 2.17. The Morgan fingerprint density at radius 3 is 2.62 bits per heavy atom. The van der Waals surface area contributed by atoms with Crippen LogP contribution < -0.4 is 10.2 Å². The Balaban J connectivity index is 1.34. The average Bonchev–Trinajstić information content (AvgIpc) is 3.18. The summed E-state index contributed by atoms with van der Waals surface area (Å²) in [6.07, 6.45) is 8.98. The molecule has 3 aliphatic rings. The molecule has 0 spiro atoms. The first kappa shape index (κ1) is 17.7. The molecule has 1 N–H and O–H groups in total. The number of carbonyl (C=O) groups excluding carboxylic acids is 1. The van der Waals surface area contributed by atoms with E-state index >= 15 is 0 Å². The molecule has 0 unspecified atom stereocenters. The van der Waals surface area contributed by atoms with Gasteiger partial charge in [-0.15, -0.1) is 0 Å². The number of aromatic nitrogens is 2. The van der Waals surface area contributed by atoms with Crippen molar-refractivity contribution >= 4 is 11.9 Å². The van der Waals surface area contributed by atoms with Gasteiger partial charge in [0.25, 0.3) is 0 Å². The second kappa shape index (κ2) is 7.88. The van der Waals surface area contributed by atoms with E-state index in [4.69, 9.17) is 4.74 Å². The van der Waals surface area contributed by atoms with E-state index in [-0.39, 0.29) is 18.6 Å². The minimum atomic E-state index is -0.0108. The summed E-state index contributed by atoms with van der Waals surface area (Å²) in [5.41, 5.74) is 1.14. The molecular weight excluding hydrogens is 330 g/mol. The summed E-state index contributed by atoms with van der Waals surface area (Å²) in [4.78, 5) is 25.7. The molecule has 4 rings (SSSR count). The number of methoxy groups -OCH3 is 1. The Kier molecular flexibility index (Phi) is 5.36. The molecule has 2 atom stereocenters. The quantitative estimate of drug-likeness (QED) is 0.785. The highest BCUT2D eigenvalue weighted by Gasteiger charge is 2.42. The third-order valence-corrected chi connectivity index (χ3v) is 5.78. The van der Waals surface area contributed by atoms with E-state index in [1.807, 2.05) is 12.4 Å². The number of amides is 1. The standard InChI is InChI=1S/C19H29N5O2/c1-26-13-18(25)22-17-12-23(11-16(17)15-4-5-15)10-14-8-20-19(21-9-14)24-6-2-3-7-24/h8-9,15-17H,2-7,10-13H2,1H3,(H,22,25)/t16-,17+/m0/s1. The first-order chi connectivity index (χ1) is 12.7. The number of hydrogen-bond acceptors (Lipinski definition) is 6. The van der Waals surface area contributed by atoms with Gasteiger partial charge < -0.3 is 15.0 Å². The van der Waals surface area contributed by atoms with Crippen LogP contribution in [0.1, 0.15) is 31.2 Å². The molecule has 142 valence electrons. The monoisotopic (exact) mass is 359 g/mol. The lowest BCUT2D eigenvalue weighted by Gasteiger charge is -2.19. The van der Waals surface area contributed by atoms with Gasteiger partial charge in [-0.05, 0) is 37.5 Å². The zero-order chi connectivity index (χ0) is 17.9. The van der Waals surface area contributed by atoms with Crippen LogP contribution in [0, 0.1) is 11.8 Å². The molecule has 2 aliphatic heterocycles. The Labute approximate surface area is 155 Å². The SMILES string of the molecule is COCC(=O)N[C@@H]1CN(Cc2cnc(N3CCCC3)nc2)C[C@H]1C1CC1. The van der Waals surface area contributed by atoms with Gasteiger partial charge in [-0.2, -0.15) is 0 Å². The van der Waals surface area contributed by atoms with Gasteiger partial charge in [-0.3, -0.25) is 9.69 Å². The van der Waals surface area contributed by atoms with Crippen molar-refractivity contribution in [3.8, 4) is 0 Å². The average molecular weight is 359 g/mol. The number of likely N-dealkylation sites (tertiary alicyclic amines) is 1. The molecule has 2 saturated heterocycles. The normalized spacial score (nSPS) is 26.4. The van der Waals surface area contributed by atoms with Crippen molar-refractivity contribution in [2.24, 2.45) is 11.8 Å². The highest BCUT2D eigenvalue weighted by atomic mass is 16.5. The number of nitrogens with one attached hydrogen (secondary N) is 1. The van der Waals surface area contributed by atoms with Gasteiger partial charge in [-0.25, -0.2) is 9.97 Å². The molecular formula is C19H29N5O2. The van der Waals surface area contributed by atoms with Crippen molar-refractivity contribution in [1.82, 2.24) is 20.2 Å². The van der Waals surface area contributed by atoms with Gasteiger partial charge in [0.1, 0.15) is 6.61 Å². The molecule has 1 amide bonds. The summed E-state index contributed by atoms with van der Waals surface area (Å²) >= 11 is 0. The van der Waals surface area contributed by atoms with Gasteiger partial charge in [0.05, 0.1) is 0 Å².